The van der Waals surface area contributed by atoms with Crippen LogP contribution in [0.4, 0.5) is 8.78 Å². The van der Waals surface area contributed by atoms with E-state index in [1.54, 1.807) is 12.1 Å². The van der Waals surface area contributed by atoms with Crippen molar-refractivity contribution in [3.05, 3.63) is 65.7 Å². The lowest BCUT2D eigenvalue weighted by Crippen LogP contribution is -2.51. The van der Waals surface area contributed by atoms with E-state index in [2.05, 4.69) is 5.32 Å². The quantitative estimate of drug-likeness (QED) is 0.633. The van der Waals surface area contributed by atoms with Crippen LogP contribution >= 0.6 is 0 Å². The summed E-state index contributed by atoms with van der Waals surface area (Å²) in [4.78, 5) is 27.2. The molecular formula is C23H28F2N2O3. The van der Waals surface area contributed by atoms with E-state index in [9.17, 15) is 18.4 Å². The summed E-state index contributed by atoms with van der Waals surface area (Å²) in [6.07, 6.45) is 1.17. The van der Waals surface area contributed by atoms with Gasteiger partial charge in [0.25, 0.3) is 5.91 Å². The normalized spacial score (nSPS) is 12.7. The molecule has 1 N–H and O–H groups in total. The van der Waals surface area contributed by atoms with E-state index < -0.39 is 17.8 Å². The van der Waals surface area contributed by atoms with E-state index >= 15 is 0 Å². The SMILES string of the molecule is CC[C@H](C(=O)N[C@@H](C)CC)N(Cc1ccc(F)cc1)C(=O)COc1ccc(F)cc1. The molecule has 0 saturated carbocycles. The van der Waals surface area contributed by atoms with Crippen molar-refractivity contribution in [2.75, 3.05) is 6.61 Å². The predicted molar refractivity (Wildman–Crippen MR) is 111 cm³/mol. The van der Waals surface area contributed by atoms with Crippen molar-refractivity contribution in [1.29, 1.82) is 0 Å². The fourth-order valence-electron chi connectivity index (χ4n) is 2.91. The highest BCUT2D eigenvalue weighted by Gasteiger charge is 2.29. The molecule has 2 rings (SSSR count). The molecule has 2 atom stereocenters. The fraction of sp³-hybridized carbons (Fsp3) is 0.391. The molecule has 0 aliphatic rings. The topological polar surface area (TPSA) is 58.6 Å². The number of carbonyl (C=O) groups excluding carboxylic acids is 2. The molecule has 7 heteroatoms. The van der Waals surface area contributed by atoms with E-state index in [1.807, 2.05) is 20.8 Å². The lowest BCUT2D eigenvalue weighted by molar-refractivity contribution is -0.143. The zero-order valence-electron chi connectivity index (χ0n) is 17.5. The van der Waals surface area contributed by atoms with Crippen LogP contribution in [-0.4, -0.2) is 35.4 Å². The minimum atomic E-state index is -0.701. The second kappa shape index (κ2) is 11.3. The summed E-state index contributed by atoms with van der Waals surface area (Å²) in [6.45, 7) is 5.52. The minimum absolute atomic E-state index is 0.0233. The van der Waals surface area contributed by atoms with Gasteiger partial charge in [0.2, 0.25) is 5.91 Å². The summed E-state index contributed by atoms with van der Waals surface area (Å²) < 4.78 is 31.8. The van der Waals surface area contributed by atoms with Crippen LogP contribution in [0.1, 0.15) is 39.2 Å². The van der Waals surface area contributed by atoms with Crippen LogP contribution in [0.3, 0.4) is 0 Å². The molecule has 0 radical (unpaired) electrons. The van der Waals surface area contributed by atoms with E-state index in [4.69, 9.17) is 4.74 Å². The number of nitrogens with one attached hydrogen (secondary N) is 1. The third-order valence-electron chi connectivity index (χ3n) is 4.83. The number of nitrogens with zero attached hydrogens (tertiary/aromatic N) is 1. The Morgan fingerprint density at radius 2 is 1.53 bits per heavy atom. The number of rotatable bonds is 10. The van der Waals surface area contributed by atoms with Crippen LogP contribution < -0.4 is 10.1 Å². The smallest absolute Gasteiger partial charge is 0.261 e. The zero-order chi connectivity index (χ0) is 22.1. The van der Waals surface area contributed by atoms with Crippen molar-refractivity contribution >= 4 is 11.8 Å². The first-order valence-electron chi connectivity index (χ1n) is 10.1. The van der Waals surface area contributed by atoms with Crippen molar-refractivity contribution in [2.24, 2.45) is 0 Å². The van der Waals surface area contributed by atoms with E-state index in [0.717, 1.165) is 6.42 Å². The summed E-state index contributed by atoms with van der Waals surface area (Å²) in [5, 5.41) is 2.92. The van der Waals surface area contributed by atoms with Gasteiger partial charge in [-0.25, -0.2) is 8.78 Å². The van der Waals surface area contributed by atoms with Gasteiger partial charge in [-0.2, -0.15) is 0 Å². The minimum Gasteiger partial charge on any atom is -0.484 e. The molecule has 2 amide bonds. The first-order chi connectivity index (χ1) is 14.3. The molecule has 0 bridgehead atoms. The van der Waals surface area contributed by atoms with Crippen LogP contribution in [0.15, 0.2) is 48.5 Å². The van der Waals surface area contributed by atoms with Crippen LogP contribution in [0.5, 0.6) is 5.75 Å². The molecule has 0 spiro atoms. The maximum absolute atomic E-state index is 13.3. The van der Waals surface area contributed by atoms with Gasteiger partial charge in [0.15, 0.2) is 6.61 Å². The second-order valence-electron chi connectivity index (χ2n) is 7.13. The van der Waals surface area contributed by atoms with E-state index in [1.165, 1.54) is 41.3 Å². The molecule has 0 aliphatic carbocycles. The van der Waals surface area contributed by atoms with Crippen LogP contribution in [0, 0.1) is 11.6 Å². The first-order valence-corrected chi connectivity index (χ1v) is 10.1. The number of halogens is 2. The average Bonchev–Trinajstić information content (AvgIpc) is 2.74. The summed E-state index contributed by atoms with van der Waals surface area (Å²) in [6, 6.07) is 10.4. The Morgan fingerprint density at radius 1 is 0.967 bits per heavy atom. The van der Waals surface area contributed by atoms with Crippen molar-refractivity contribution in [2.45, 2.75) is 52.2 Å². The largest absolute Gasteiger partial charge is 0.484 e. The predicted octanol–water partition coefficient (Wildman–Crippen LogP) is 4.07. The Hall–Kier alpha value is -2.96. The number of benzene rings is 2. The first kappa shape index (κ1) is 23.3. The molecule has 0 unspecified atom stereocenters. The third kappa shape index (κ3) is 6.83. The lowest BCUT2D eigenvalue weighted by Gasteiger charge is -2.31. The molecule has 0 saturated heterocycles. The van der Waals surface area contributed by atoms with Gasteiger partial charge in [-0.3, -0.25) is 9.59 Å². The monoisotopic (exact) mass is 418 g/mol. The van der Waals surface area contributed by atoms with Crippen LogP contribution in [-0.2, 0) is 16.1 Å². The van der Waals surface area contributed by atoms with Gasteiger partial charge >= 0.3 is 0 Å². The molecule has 2 aromatic rings. The fourth-order valence-corrected chi connectivity index (χ4v) is 2.91. The Balaban J connectivity index is 2.19. The molecule has 0 fully saturated rings. The molecule has 0 aromatic heterocycles. The second-order valence-corrected chi connectivity index (χ2v) is 7.13. The van der Waals surface area contributed by atoms with Crippen LogP contribution in [0.2, 0.25) is 0 Å². The highest BCUT2D eigenvalue weighted by Crippen LogP contribution is 2.16. The van der Waals surface area contributed by atoms with Crippen molar-refractivity contribution in [3.63, 3.8) is 0 Å². The number of carbonyl (C=O) groups is 2. The standard InChI is InChI=1S/C23H28F2N2O3/c1-4-16(3)26-23(29)21(5-2)27(14-17-6-8-18(24)9-7-17)22(28)15-30-20-12-10-19(25)11-13-20/h6-13,16,21H,4-5,14-15H2,1-3H3,(H,26,29)/t16-,21+/m0/s1. The number of hydrogen-bond donors (Lipinski definition) is 1. The highest BCUT2D eigenvalue weighted by atomic mass is 19.1. The Morgan fingerprint density at radius 3 is 2.07 bits per heavy atom. The number of amides is 2. The maximum Gasteiger partial charge on any atom is 0.261 e. The average molecular weight is 418 g/mol. The molecule has 30 heavy (non-hydrogen) atoms. The number of ether oxygens (including phenoxy) is 1. The Bertz CT molecular complexity index is 825. The summed E-state index contributed by atoms with van der Waals surface area (Å²) in [5.74, 6) is -1.07. The Kier molecular flexibility index (Phi) is 8.77. The van der Waals surface area contributed by atoms with Gasteiger partial charge < -0.3 is 15.0 Å². The zero-order valence-corrected chi connectivity index (χ0v) is 17.5. The Labute approximate surface area is 176 Å². The van der Waals surface area contributed by atoms with Gasteiger partial charge in [-0.15, -0.1) is 0 Å². The van der Waals surface area contributed by atoms with Crippen molar-refractivity contribution in [1.82, 2.24) is 10.2 Å². The maximum atomic E-state index is 13.3. The van der Waals surface area contributed by atoms with Crippen LogP contribution in [0.25, 0.3) is 0 Å². The van der Waals surface area contributed by atoms with Gasteiger partial charge in [0.05, 0.1) is 0 Å². The summed E-state index contributed by atoms with van der Waals surface area (Å²) >= 11 is 0. The van der Waals surface area contributed by atoms with Crippen molar-refractivity contribution < 1.29 is 23.1 Å². The van der Waals surface area contributed by atoms with E-state index in [0.29, 0.717) is 17.7 Å². The van der Waals surface area contributed by atoms with E-state index in [-0.39, 0.29) is 30.9 Å². The van der Waals surface area contributed by atoms with Gasteiger partial charge in [0.1, 0.15) is 23.4 Å². The van der Waals surface area contributed by atoms with Gasteiger partial charge in [-0.05, 0) is 61.7 Å². The van der Waals surface area contributed by atoms with Crippen molar-refractivity contribution in [3.8, 4) is 5.75 Å². The highest BCUT2D eigenvalue weighted by molar-refractivity contribution is 5.88. The molecule has 2 aromatic carbocycles. The third-order valence-corrected chi connectivity index (χ3v) is 4.83. The van der Waals surface area contributed by atoms with Gasteiger partial charge in [0, 0.05) is 12.6 Å². The summed E-state index contributed by atoms with van der Waals surface area (Å²) in [5.41, 5.74) is 0.696. The summed E-state index contributed by atoms with van der Waals surface area (Å²) in [7, 11) is 0. The molecule has 162 valence electrons. The molecule has 5 nitrogen and oxygen atoms in total. The number of hydrogen-bond acceptors (Lipinski definition) is 3. The lowest BCUT2D eigenvalue weighted by atomic mass is 10.1. The molecule has 0 heterocycles. The molecule has 0 aliphatic heterocycles. The molecular weight excluding hydrogens is 390 g/mol. The van der Waals surface area contributed by atoms with Gasteiger partial charge in [-0.1, -0.05) is 26.0 Å².